The smallest absolute Gasteiger partial charge is 0.0604 e. The summed E-state index contributed by atoms with van der Waals surface area (Å²) in [6.07, 6.45) is 0. The number of hydroxylamine groups is 1. The summed E-state index contributed by atoms with van der Waals surface area (Å²) >= 11 is 0. The van der Waals surface area contributed by atoms with Crippen LogP contribution in [0, 0.1) is 0 Å². The highest BCUT2D eigenvalue weighted by atomic mass is 16.5. The van der Waals surface area contributed by atoms with Crippen molar-refractivity contribution < 1.29 is 10.3 Å². The highest BCUT2D eigenvalue weighted by Crippen LogP contribution is 1.69. The third kappa shape index (κ3) is 2.14. The van der Waals surface area contributed by atoms with E-state index in [1.165, 1.54) is 0 Å². The molecule has 0 fully saturated rings. The Bertz CT molecular complexity index is 28.0. The molecular formula is C3H9NO2. The minimum atomic E-state index is -0.204. The number of hydrogen-bond donors (Lipinski definition) is 3. The van der Waals surface area contributed by atoms with Gasteiger partial charge in [-0.1, -0.05) is 0 Å². The first kappa shape index (κ1) is 5.88. The largest absolute Gasteiger partial charge is 0.395 e. The highest BCUT2D eigenvalue weighted by Gasteiger charge is 1.90. The Hall–Kier alpha value is -0.120. The van der Waals surface area contributed by atoms with Gasteiger partial charge in [0.1, 0.15) is 0 Å². The van der Waals surface area contributed by atoms with Gasteiger partial charge in [-0.25, -0.2) is 5.48 Å². The van der Waals surface area contributed by atoms with Gasteiger partial charge in [0.25, 0.3) is 0 Å². The van der Waals surface area contributed by atoms with Gasteiger partial charge in [-0.15, -0.1) is 0 Å². The second-order valence-electron chi connectivity index (χ2n) is 1.21. The predicted octanol–water partition coefficient (Wildman–Crippen LogP) is -0.654. The molecule has 0 amide bonds. The molecule has 1 atom stereocenters. The molecule has 0 aliphatic carbocycles. The summed E-state index contributed by atoms with van der Waals surface area (Å²) in [5.41, 5.74) is 1.86. The van der Waals surface area contributed by atoms with Gasteiger partial charge in [-0.3, -0.25) is 0 Å². The Labute approximate surface area is 36.6 Å². The van der Waals surface area contributed by atoms with Crippen LogP contribution in [0.1, 0.15) is 6.92 Å². The lowest BCUT2D eigenvalue weighted by Gasteiger charge is -1.99. The topological polar surface area (TPSA) is 52.5 Å². The maximum absolute atomic E-state index is 8.11. The van der Waals surface area contributed by atoms with E-state index in [0.717, 1.165) is 0 Å². The van der Waals surface area contributed by atoms with Gasteiger partial charge in [-0.2, -0.15) is 0 Å². The molecule has 0 rings (SSSR count). The van der Waals surface area contributed by atoms with E-state index in [4.69, 9.17) is 10.3 Å². The van der Waals surface area contributed by atoms with E-state index >= 15 is 0 Å². The van der Waals surface area contributed by atoms with Crippen molar-refractivity contribution >= 4 is 0 Å². The van der Waals surface area contributed by atoms with Crippen LogP contribution in [-0.4, -0.2) is 23.0 Å². The summed E-state index contributed by atoms with van der Waals surface area (Å²) in [5.74, 6) is 0. The quantitative estimate of drug-likeness (QED) is 0.396. The standard InChI is InChI=1S/C3H9NO2/c1-3(2-5)4-6/h3-6H,2H2,1H3/t3-/m1/s1. The number of nitrogens with one attached hydrogen (secondary N) is 1. The average Bonchev–Trinajstić information content (AvgIpc) is 1.65. The third-order valence-corrected chi connectivity index (χ3v) is 0.494. The van der Waals surface area contributed by atoms with Crippen molar-refractivity contribution in [1.82, 2.24) is 5.48 Å². The molecule has 0 bridgehead atoms. The Morgan fingerprint density at radius 2 is 2.33 bits per heavy atom. The predicted molar refractivity (Wildman–Crippen MR) is 21.5 cm³/mol. The zero-order chi connectivity index (χ0) is 4.99. The summed E-state index contributed by atoms with van der Waals surface area (Å²) in [6, 6.07) is -0.204. The van der Waals surface area contributed by atoms with E-state index in [0.29, 0.717) is 0 Å². The molecule has 0 aliphatic heterocycles. The summed E-state index contributed by atoms with van der Waals surface area (Å²) in [4.78, 5) is 0. The molecule has 3 N–H and O–H groups in total. The van der Waals surface area contributed by atoms with E-state index in [9.17, 15) is 0 Å². The lowest BCUT2D eigenvalue weighted by molar-refractivity contribution is 0.0986. The van der Waals surface area contributed by atoms with Crippen molar-refractivity contribution in [2.24, 2.45) is 0 Å². The van der Waals surface area contributed by atoms with Crippen molar-refractivity contribution in [2.75, 3.05) is 6.61 Å². The summed E-state index contributed by atoms with van der Waals surface area (Å²) in [5, 5.41) is 16.0. The maximum Gasteiger partial charge on any atom is 0.0604 e. The zero-order valence-corrected chi connectivity index (χ0v) is 3.68. The Balaban J connectivity index is 2.75. The van der Waals surface area contributed by atoms with Gasteiger partial charge in [0, 0.05) is 0 Å². The Morgan fingerprint density at radius 1 is 1.83 bits per heavy atom. The molecule has 0 radical (unpaired) electrons. The molecule has 0 spiro atoms. The van der Waals surface area contributed by atoms with E-state index < -0.39 is 0 Å². The van der Waals surface area contributed by atoms with Crippen molar-refractivity contribution in [3.05, 3.63) is 0 Å². The molecule has 0 saturated heterocycles. The molecule has 0 aromatic carbocycles. The molecule has 38 valence electrons. The fourth-order valence-electron chi connectivity index (χ4n) is 0.0408. The second-order valence-corrected chi connectivity index (χ2v) is 1.21. The van der Waals surface area contributed by atoms with Gasteiger partial charge < -0.3 is 10.3 Å². The molecule has 6 heavy (non-hydrogen) atoms. The first-order chi connectivity index (χ1) is 2.81. The van der Waals surface area contributed by atoms with Crippen LogP contribution in [0.15, 0.2) is 0 Å². The third-order valence-electron chi connectivity index (χ3n) is 0.494. The van der Waals surface area contributed by atoms with Gasteiger partial charge in [0.2, 0.25) is 0 Å². The Kier molecular flexibility index (Phi) is 3.02. The Morgan fingerprint density at radius 3 is 2.33 bits per heavy atom. The van der Waals surface area contributed by atoms with E-state index in [2.05, 4.69) is 0 Å². The number of aliphatic hydroxyl groups excluding tert-OH is 1. The van der Waals surface area contributed by atoms with Crippen LogP contribution in [0.2, 0.25) is 0 Å². The van der Waals surface area contributed by atoms with Crippen LogP contribution in [0.4, 0.5) is 0 Å². The molecule has 0 aromatic heterocycles. The lowest BCUT2D eigenvalue weighted by Crippen LogP contribution is -2.25. The minimum absolute atomic E-state index is 0.0312. The molecule has 0 aliphatic rings. The first-order valence-corrected chi connectivity index (χ1v) is 1.81. The number of rotatable bonds is 2. The molecule has 0 unspecified atom stereocenters. The monoisotopic (exact) mass is 91.1 g/mol. The first-order valence-electron chi connectivity index (χ1n) is 1.81. The SMILES string of the molecule is C[C@H](CO)NO. The van der Waals surface area contributed by atoms with Crippen molar-refractivity contribution in [3.63, 3.8) is 0 Å². The number of hydrogen-bond acceptors (Lipinski definition) is 3. The van der Waals surface area contributed by atoms with Crippen LogP contribution in [0.5, 0.6) is 0 Å². The second kappa shape index (κ2) is 3.08. The van der Waals surface area contributed by atoms with Gasteiger partial charge in [0.15, 0.2) is 0 Å². The fourth-order valence-corrected chi connectivity index (χ4v) is 0.0408. The highest BCUT2D eigenvalue weighted by molar-refractivity contribution is 4.45. The van der Waals surface area contributed by atoms with E-state index in [-0.39, 0.29) is 12.6 Å². The van der Waals surface area contributed by atoms with Crippen molar-refractivity contribution in [1.29, 1.82) is 0 Å². The summed E-state index contributed by atoms with van der Waals surface area (Å²) in [6.45, 7) is 1.64. The van der Waals surface area contributed by atoms with Gasteiger partial charge in [0.05, 0.1) is 12.6 Å². The molecule has 0 saturated carbocycles. The minimum Gasteiger partial charge on any atom is -0.395 e. The van der Waals surface area contributed by atoms with E-state index in [1.54, 1.807) is 6.92 Å². The van der Waals surface area contributed by atoms with Gasteiger partial charge in [-0.05, 0) is 6.92 Å². The van der Waals surface area contributed by atoms with Crippen LogP contribution in [0.25, 0.3) is 0 Å². The van der Waals surface area contributed by atoms with Crippen LogP contribution >= 0.6 is 0 Å². The summed E-state index contributed by atoms with van der Waals surface area (Å²) < 4.78 is 0. The molecule has 0 heterocycles. The van der Waals surface area contributed by atoms with Crippen molar-refractivity contribution in [2.45, 2.75) is 13.0 Å². The molecular weight excluding hydrogens is 82.0 g/mol. The normalized spacial score (nSPS) is 14.5. The van der Waals surface area contributed by atoms with Gasteiger partial charge >= 0.3 is 0 Å². The fraction of sp³-hybridized carbons (Fsp3) is 1.00. The zero-order valence-electron chi connectivity index (χ0n) is 3.68. The van der Waals surface area contributed by atoms with Crippen LogP contribution in [0.3, 0.4) is 0 Å². The van der Waals surface area contributed by atoms with Crippen LogP contribution in [-0.2, 0) is 0 Å². The lowest BCUT2D eigenvalue weighted by atomic mass is 10.4. The average molecular weight is 91.1 g/mol. The maximum atomic E-state index is 8.11. The summed E-state index contributed by atoms with van der Waals surface area (Å²) in [7, 11) is 0. The van der Waals surface area contributed by atoms with Crippen molar-refractivity contribution in [3.8, 4) is 0 Å². The number of aliphatic hydroxyl groups is 1. The van der Waals surface area contributed by atoms with E-state index in [1.807, 2.05) is 5.48 Å². The molecule has 3 nitrogen and oxygen atoms in total. The molecule has 0 aromatic rings. The van der Waals surface area contributed by atoms with Crippen LogP contribution < -0.4 is 5.48 Å². The molecule has 3 heteroatoms.